The maximum absolute atomic E-state index is 12.7. The molecule has 2 unspecified atom stereocenters. The third-order valence-corrected chi connectivity index (χ3v) is 5.75. The molecule has 5 nitrogen and oxygen atoms in total. The number of carbonyl (C=O) groups excluding carboxylic acids is 1. The van der Waals surface area contributed by atoms with Crippen molar-refractivity contribution < 1.29 is 14.3 Å². The van der Waals surface area contributed by atoms with Crippen molar-refractivity contribution in [2.45, 2.75) is 44.7 Å². The molecule has 2 bridgehead atoms. The van der Waals surface area contributed by atoms with Gasteiger partial charge in [0.25, 0.3) is 0 Å². The first-order valence-corrected chi connectivity index (χ1v) is 9.42. The average molecular weight is 346 g/mol. The van der Waals surface area contributed by atoms with Crippen LogP contribution in [0.1, 0.15) is 37.7 Å². The summed E-state index contributed by atoms with van der Waals surface area (Å²) in [4.78, 5) is 12.7. The lowest BCUT2D eigenvalue weighted by Gasteiger charge is -2.43. The summed E-state index contributed by atoms with van der Waals surface area (Å²) in [6, 6.07) is 8.13. The van der Waals surface area contributed by atoms with Gasteiger partial charge in [-0.2, -0.15) is 0 Å². The van der Waals surface area contributed by atoms with E-state index in [1.165, 1.54) is 19.3 Å². The van der Waals surface area contributed by atoms with Gasteiger partial charge in [-0.25, -0.2) is 0 Å². The number of carbonyl (C=O) groups is 1. The Bertz CT molecular complexity index is 564. The normalized spacial score (nSPS) is 28.4. The second kappa shape index (κ2) is 8.68. The SMILES string of the molecule is COCCOc1ccccc1CNC(=O)C1CC2CCCC(C1)C2N. The van der Waals surface area contributed by atoms with E-state index < -0.39 is 0 Å². The molecule has 1 aromatic rings. The van der Waals surface area contributed by atoms with Gasteiger partial charge in [0.15, 0.2) is 0 Å². The predicted octanol–water partition coefficient (Wildman–Crippen LogP) is 2.48. The quantitative estimate of drug-likeness (QED) is 0.744. The van der Waals surface area contributed by atoms with Crippen LogP contribution in [-0.4, -0.2) is 32.3 Å². The van der Waals surface area contributed by atoms with Crippen molar-refractivity contribution >= 4 is 5.91 Å². The summed E-state index contributed by atoms with van der Waals surface area (Å²) in [5.74, 6) is 2.12. The van der Waals surface area contributed by atoms with E-state index in [1.807, 2.05) is 24.3 Å². The molecular weight excluding hydrogens is 316 g/mol. The summed E-state index contributed by atoms with van der Waals surface area (Å²) < 4.78 is 10.8. The number of ether oxygens (including phenoxy) is 2. The molecule has 2 fully saturated rings. The second-order valence-corrected chi connectivity index (χ2v) is 7.36. The zero-order chi connectivity index (χ0) is 17.6. The molecule has 0 spiro atoms. The van der Waals surface area contributed by atoms with Crippen LogP contribution in [-0.2, 0) is 16.1 Å². The highest BCUT2D eigenvalue weighted by Gasteiger charge is 2.40. The van der Waals surface area contributed by atoms with Gasteiger partial charge in [0, 0.05) is 31.2 Å². The summed E-state index contributed by atoms with van der Waals surface area (Å²) in [7, 11) is 1.65. The van der Waals surface area contributed by atoms with Gasteiger partial charge >= 0.3 is 0 Å². The van der Waals surface area contributed by atoms with E-state index >= 15 is 0 Å². The predicted molar refractivity (Wildman–Crippen MR) is 97.2 cm³/mol. The number of nitrogens with two attached hydrogens (primary N) is 1. The molecule has 2 aliphatic rings. The molecule has 5 heteroatoms. The molecule has 3 rings (SSSR count). The Balaban J connectivity index is 1.54. The number of methoxy groups -OCH3 is 1. The van der Waals surface area contributed by atoms with Crippen molar-refractivity contribution in [1.29, 1.82) is 0 Å². The topological polar surface area (TPSA) is 73.6 Å². The molecule has 0 saturated heterocycles. The fourth-order valence-corrected chi connectivity index (χ4v) is 4.36. The largest absolute Gasteiger partial charge is 0.491 e. The van der Waals surface area contributed by atoms with Crippen LogP contribution in [0.3, 0.4) is 0 Å². The molecule has 0 radical (unpaired) electrons. The van der Waals surface area contributed by atoms with Gasteiger partial charge in [-0.15, -0.1) is 0 Å². The smallest absolute Gasteiger partial charge is 0.223 e. The Morgan fingerprint density at radius 3 is 2.64 bits per heavy atom. The van der Waals surface area contributed by atoms with Crippen LogP contribution in [0.5, 0.6) is 5.75 Å². The Labute approximate surface area is 150 Å². The molecule has 0 aromatic heterocycles. The highest BCUT2D eigenvalue weighted by atomic mass is 16.5. The highest BCUT2D eigenvalue weighted by Crippen LogP contribution is 2.41. The molecule has 138 valence electrons. The van der Waals surface area contributed by atoms with E-state index in [-0.39, 0.29) is 11.8 Å². The molecule has 2 saturated carbocycles. The van der Waals surface area contributed by atoms with Gasteiger partial charge < -0.3 is 20.5 Å². The number of hydrogen-bond donors (Lipinski definition) is 2. The van der Waals surface area contributed by atoms with Gasteiger partial charge in [0.1, 0.15) is 12.4 Å². The maximum atomic E-state index is 12.7. The summed E-state index contributed by atoms with van der Waals surface area (Å²) in [6.07, 6.45) is 5.50. The van der Waals surface area contributed by atoms with Crippen LogP contribution in [0.25, 0.3) is 0 Å². The lowest BCUT2D eigenvalue weighted by Crippen LogP contribution is -2.49. The van der Waals surface area contributed by atoms with Crippen LogP contribution in [0.15, 0.2) is 24.3 Å². The summed E-state index contributed by atoms with van der Waals surface area (Å²) in [6.45, 7) is 1.55. The van der Waals surface area contributed by atoms with E-state index in [9.17, 15) is 4.79 Å². The van der Waals surface area contributed by atoms with Crippen molar-refractivity contribution in [3.8, 4) is 5.75 Å². The summed E-state index contributed by atoms with van der Waals surface area (Å²) in [5, 5.41) is 3.11. The van der Waals surface area contributed by atoms with E-state index in [1.54, 1.807) is 7.11 Å². The van der Waals surface area contributed by atoms with Crippen LogP contribution >= 0.6 is 0 Å². The molecular formula is C20H30N2O3. The Kier molecular flexibility index (Phi) is 6.32. The van der Waals surface area contributed by atoms with Crippen LogP contribution in [0.4, 0.5) is 0 Å². The van der Waals surface area contributed by atoms with Gasteiger partial charge in [-0.05, 0) is 43.6 Å². The molecule has 2 aliphatic carbocycles. The van der Waals surface area contributed by atoms with Gasteiger partial charge in [-0.3, -0.25) is 4.79 Å². The fraction of sp³-hybridized carbons (Fsp3) is 0.650. The third-order valence-electron chi connectivity index (χ3n) is 5.75. The third kappa shape index (κ3) is 4.53. The number of hydrogen-bond acceptors (Lipinski definition) is 4. The lowest BCUT2D eigenvalue weighted by molar-refractivity contribution is -0.128. The standard InChI is InChI=1S/C20H30N2O3/c1-24-9-10-25-18-8-3-2-5-16(18)13-22-20(23)17-11-14-6-4-7-15(12-17)19(14)21/h2-3,5,8,14-15,17,19H,4,6-7,9-13,21H2,1H3,(H,22,23). The minimum atomic E-state index is 0.108. The Morgan fingerprint density at radius 1 is 1.20 bits per heavy atom. The molecule has 3 N–H and O–H groups in total. The summed E-state index contributed by atoms with van der Waals surface area (Å²) >= 11 is 0. The first-order valence-electron chi connectivity index (χ1n) is 9.42. The Hall–Kier alpha value is -1.59. The van der Waals surface area contributed by atoms with Crippen molar-refractivity contribution in [2.24, 2.45) is 23.5 Å². The van der Waals surface area contributed by atoms with Gasteiger partial charge in [0.05, 0.1) is 6.61 Å². The molecule has 25 heavy (non-hydrogen) atoms. The van der Waals surface area contributed by atoms with Gasteiger partial charge in [-0.1, -0.05) is 24.6 Å². The number of benzene rings is 1. The highest BCUT2D eigenvalue weighted by molar-refractivity contribution is 5.78. The average Bonchev–Trinajstić information content (AvgIpc) is 2.60. The first kappa shape index (κ1) is 18.2. The van der Waals surface area contributed by atoms with Crippen molar-refractivity contribution in [3.05, 3.63) is 29.8 Å². The minimum absolute atomic E-state index is 0.108. The number of fused-ring (bicyclic) bond motifs is 2. The van der Waals surface area contributed by atoms with E-state index in [0.717, 1.165) is 24.2 Å². The van der Waals surface area contributed by atoms with Crippen LogP contribution in [0, 0.1) is 17.8 Å². The number of amides is 1. The van der Waals surface area contributed by atoms with Gasteiger partial charge in [0.2, 0.25) is 5.91 Å². The van der Waals surface area contributed by atoms with E-state index in [4.69, 9.17) is 15.2 Å². The molecule has 1 aromatic carbocycles. The first-order chi connectivity index (χ1) is 12.2. The fourth-order valence-electron chi connectivity index (χ4n) is 4.36. The maximum Gasteiger partial charge on any atom is 0.223 e. The van der Waals surface area contributed by atoms with Crippen molar-refractivity contribution in [2.75, 3.05) is 20.3 Å². The van der Waals surface area contributed by atoms with Crippen molar-refractivity contribution in [1.82, 2.24) is 5.32 Å². The molecule has 0 aliphatic heterocycles. The van der Waals surface area contributed by atoms with Crippen LogP contribution < -0.4 is 15.8 Å². The number of rotatable bonds is 7. The molecule has 2 atom stereocenters. The lowest BCUT2D eigenvalue weighted by atomic mass is 9.65. The van der Waals surface area contributed by atoms with Crippen LogP contribution in [0.2, 0.25) is 0 Å². The van der Waals surface area contributed by atoms with E-state index in [0.29, 0.717) is 37.6 Å². The van der Waals surface area contributed by atoms with Crippen molar-refractivity contribution in [3.63, 3.8) is 0 Å². The number of nitrogens with one attached hydrogen (secondary N) is 1. The monoisotopic (exact) mass is 346 g/mol. The summed E-state index contributed by atoms with van der Waals surface area (Å²) in [5.41, 5.74) is 7.33. The number of para-hydroxylation sites is 1. The zero-order valence-corrected chi connectivity index (χ0v) is 15.1. The molecule has 0 heterocycles. The van der Waals surface area contributed by atoms with E-state index in [2.05, 4.69) is 5.32 Å². The molecule has 1 amide bonds. The second-order valence-electron chi connectivity index (χ2n) is 7.36. The minimum Gasteiger partial charge on any atom is -0.491 e. The zero-order valence-electron chi connectivity index (χ0n) is 15.1. The Morgan fingerprint density at radius 2 is 1.92 bits per heavy atom.